The monoisotopic (exact) mass is 211 g/mol. The van der Waals surface area contributed by atoms with E-state index in [1.165, 1.54) is 52.0 Å². The van der Waals surface area contributed by atoms with Crippen LogP contribution >= 0.6 is 0 Å². The smallest absolute Gasteiger partial charge is 0.0198 e. The number of rotatable bonds is 2. The van der Waals surface area contributed by atoms with E-state index in [0.29, 0.717) is 0 Å². The molecule has 1 unspecified atom stereocenters. The third-order valence-corrected chi connectivity index (χ3v) is 3.91. The van der Waals surface area contributed by atoms with Crippen molar-refractivity contribution in [2.75, 3.05) is 46.8 Å². The Labute approximate surface area is 93.8 Å². The molecule has 0 bridgehead atoms. The lowest BCUT2D eigenvalue weighted by atomic mass is 9.90. The first-order valence-corrected chi connectivity index (χ1v) is 6.34. The summed E-state index contributed by atoms with van der Waals surface area (Å²) in [6.45, 7) is 6.23. The maximum absolute atomic E-state index is 3.65. The molecule has 3 heteroatoms. The van der Waals surface area contributed by atoms with Gasteiger partial charge in [-0.1, -0.05) is 0 Å². The molecule has 0 aromatic heterocycles. The van der Waals surface area contributed by atoms with Crippen molar-refractivity contribution in [2.45, 2.75) is 25.3 Å². The van der Waals surface area contributed by atoms with Crippen molar-refractivity contribution in [2.24, 2.45) is 5.92 Å². The number of likely N-dealkylation sites (tertiary alicyclic amines) is 1. The van der Waals surface area contributed by atoms with Gasteiger partial charge in [0.05, 0.1) is 0 Å². The van der Waals surface area contributed by atoms with E-state index in [-0.39, 0.29) is 0 Å². The van der Waals surface area contributed by atoms with Crippen molar-refractivity contribution in [3.63, 3.8) is 0 Å². The summed E-state index contributed by atoms with van der Waals surface area (Å²) in [4.78, 5) is 4.91. The van der Waals surface area contributed by atoms with Gasteiger partial charge in [-0.3, -0.25) is 0 Å². The lowest BCUT2D eigenvalue weighted by Gasteiger charge is -2.35. The number of nitrogens with one attached hydrogen (secondary N) is 1. The van der Waals surface area contributed by atoms with Crippen LogP contribution in [0.25, 0.3) is 0 Å². The minimum absolute atomic E-state index is 0.747. The van der Waals surface area contributed by atoms with Gasteiger partial charge in [0, 0.05) is 25.7 Å². The van der Waals surface area contributed by atoms with E-state index >= 15 is 0 Å². The van der Waals surface area contributed by atoms with E-state index in [1.54, 1.807) is 0 Å². The molecular weight excluding hydrogens is 186 g/mol. The average molecular weight is 211 g/mol. The number of likely N-dealkylation sites (N-methyl/N-ethyl adjacent to an activating group) is 1. The maximum Gasteiger partial charge on any atom is 0.0198 e. The van der Waals surface area contributed by atoms with Gasteiger partial charge >= 0.3 is 0 Å². The van der Waals surface area contributed by atoms with Crippen molar-refractivity contribution < 1.29 is 0 Å². The molecule has 0 aromatic rings. The minimum Gasteiger partial charge on any atom is -0.311 e. The van der Waals surface area contributed by atoms with Crippen LogP contribution in [0.3, 0.4) is 0 Å². The molecule has 0 amide bonds. The molecule has 0 aliphatic carbocycles. The minimum atomic E-state index is 0.747. The van der Waals surface area contributed by atoms with Crippen molar-refractivity contribution in [1.82, 2.24) is 15.1 Å². The Bertz CT molecular complexity index is 187. The summed E-state index contributed by atoms with van der Waals surface area (Å²) in [6, 6.07) is 0.747. The van der Waals surface area contributed by atoms with Gasteiger partial charge in [-0.15, -0.1) is 0 Å². The van der Waals surface area contributed by atoms with E-state index in [4.69, 9.17) is 0 Å². The first kappa shape index (κ1) is 11.4. The van der Waals surface area contributed by atoms with E-state index < -0.39 is 0 Å². The fraction of sp³-hybridized carbons (Fsp3) is 1.00. The largest absolute Gasteiger partial charge is 0.311 e. The first-order chi connectivity index (χ1) is 7.24. The second-order valence-corrected chi connectivity index (χ2v) is 5.40. The zero-order valence-corrected chi connectivity index (χ0v) is 10.2. The van der Waals surface area contributed by atoms with Crippen LogP contribution < -0.4 is 5.32 Å². The average Bonchev–Trinajstić information content (AvgIpc) is 2.22. The fourth-order valence-electron chi connectivity index (χ4n) is 2.85. The topological polar surface area (TPSA) is 18.5 Å². The molecule has 3 nitrogen and oxygen atoms in total. The van der Waals surface area contributed by atoms with Gasteiger partial charge in [-0.2, -0.15) is 0 Å². The maximum atomic E-state index is 3.65. The lowest BCUT2D eigenvalue weighted by Crippen LogP contribution is -2.50. The van der Waals surface area contributed by atoms with E-state index in [2.05, 4.69) is 29.2 Å². The molecule has 2 heterocycles. The van der Waals surface area contributed by atoms with Crippen LogP contribution in [0.1, 0.15) is 19.3 Å². The molecule has 0 spiro atoms. The molecule has 1 atom stereocenters. The second kappa shape index (κ2) is 5.28. The highest BCUT2D eigenvalue weighted by atomic mass is 15.2. The fourth-order valence-corrected chi connectivity index (χ4v) is 2.85. The van der Waals surface area contributed by atoms with Gasteiger partial charge in [-0.05, 0) is 52.4 Å². The van der Waals surface area contributed by atoms with Crippen LogP contribution in [0, 0.1) is 5.92 Å². The van der Waals surface area contributed by atoms with Gasteiger partial charge in [0.15, 0.2) is 0 Å². The van der Waals surface area contributed by atoms with Crippen molar-refractivity contribution in [3.05, 3.63) is 0 Å². The Morgan fingerprint density at radius 3 is 2.47 bits per heavy atom. The molecule has 2 rings (SSSR count). The number of hydrogen-bond donors (Lipinski definition) is 1. The summed E-state index contributed by atoms with van der Waals surface area (Å²) < 4.78 is 0. The number of hydrogen-bond acceptors (Lipinski definition) is 3. The van der Waals surface area contributed by atoms with Gasteiger partial charge in [0.25, 0.3) is 0 Å². The van der Waals surface area contributed by atoms with Crippen LogP contribution in [0.2, 0.25) is 0 Å². The van der Waals surface area contributed by atoms with Gasteiger partial charge in [0.2, 0.25) is 0 Å². The number of piperazine rings is 1. The normalized spacial score (nSPS) is 32.0. The number of nitrogens with zero attached hydrogens (tertiary/aromatic N) is 2. The van der Waals surface area contributed by atoms with Crippen LogP contribution in [0.4, 0.5) is 0 Å². The first-order valence-electron chi connectivity index (χ1n) is 6.34. The Kier molecular flexibility index (Phi) is 4.00. The van der Waals surface area contributed by atoms with E-state index in [9.17, 15) is 0 Å². The van der Waals surface area contributed by atoms with Gasteiger partial charge < -0.3 is 15.1 Å². The molecule has 2 aliphatic heterocycles. The summed E-state index contributed by atoms with van der Waals surface area (Å²) >= 11 is 0. The molecule has 15 heavy (non-hydrogen) atoms. The molecule has 2 aliphatic rings. The zero-order valence-electron chi connectivity index (χ0n) is 10.2. The van der Waals surface area contributed by atoms with Crippen LogP contribution in [0.15, 0.2) is 0 Å². The van der Waals surface area contributed by atoms with Crippen molar-refractivity contribution >= 4 is 0 Å². The third kappa shape index (κ3) is 3.44. The predicted octanol–water partition coefficient (Wildman–Crippen LogP) is 0.622. The Morgan fingerprint density at radius 1 is 1.07 bits per heavy atom. The molecule has 88 valence electrons. The highest BCUT2D eigenvalue weighted by Crippen LogP contribution is 2.21. The lowest BCUT2D eigenvalue weighted by molar-refractivity contribution is 0.170. The zero-order chi connectivity index (χ0) is 10.7. The molecule has 2 saturated heterocycles. The Morgan fingerprint density at radius 2 is 1.80 bits per heavy atom. The molecule has 2 fully saturated rings. The van der Waals surface area contributed by atoms with Crippen LogP contribution in [-0.2, 0) is 0 Å². The second-order valence-electron chi connectivity index (χ2n) is 5.40. The summed E-state index contributed by atoms with van der Waals surface area (Å²) in [7, 11) is 4.48. The molecule has 0 saturated carbocycles. The van der Waals surface area contributed by atoms with Crippen LogP contribution in [-0.4, -0.2) is 62.7 Å². The van der Waals surface area contributed by atoms with Crippen molar-refractivity contribution in [1.29, 1.82) is 0 Å². The Hall–Kier alpha value is -0.120. The summed E-state index contributed by atoms with van der Waals surface area (Å²) in [5.74, 6) is 0.963. The van der Waals surface area contributed by atoms with E-state index in [0.717, 1.165) is 12.0 Å². The van der Waals surface area contributed by atoms with Crippen molar-refractivity contribution in [3.8, 4) is 0 Å². The third-order valence-electron chi connectivity index (χ3n) is 3.91. The molecule has 0 aromatic carbocycles. The molecular formula is C12H25N3. The van der Waals surface area contributed by atoms with Crippen LogP contribution in [0.5, 0.6) is 0 Å². The van der Waals surface area contributed by atoms with Gasteiger partial charge in [0.1, 0.15) is 0 Å². The highest BCUT2D eigenvalue weighted by molar-refractivity contribution is 4.81. The summed E-state index contributed by atoms with van der Waals surface area (Å²) in [5, 5.41) is 3.65. The standard InChI is InChI=1S/C12H25N3/c1-14-6-3-11(4-7-14)9-12-10-15(2)8-5-13-12/h11-13H,3-10H2,1-2H3. The molecule has 0 radical (unpaired) electrons. The predicted molar refractivity (Wildman–Crippen MR) is 64.1 cm³/mol. The van der Waals surface area contributed by atoms with Gasteiger partial charge in [-0.25, -0.2) is 0 Å². The SMILES string of the molecule is CN1CCC(CC2CN(C)CCN2)CC1. The quantitative estimate of drug-likeness (QED) is 0.722. The van der Waals surface area contributed by atoms with E-state index in [1.807, 2.05) is 0 Å². The Balaban J connectivity index is 1.71. The highest BCUT2D eigenvalue weighted by Gasteiger charge is 2.23. The number of piperidine rings is 1. The molecule has 1 N–H and O–H groups in total. The summed E-state index contributed by atoms with van der Waals surface area (Å²) in [5.41, 5.74) is 0. The summed E-state index contributed by atoms with van der Waals surface area (Å²) in [6.07, 6.45) is 4.19.